The fraction of sp³-hybridized carbons (Fsp3) is 0.900. The molecule has 1 N–H and O–H groups in total. The summed E-state index contributed by atoms with van der Waals surface area (Å²) in [6.07, 6.45) is 11.3. The highest BCUT2D eigenvalue weighted by Crippen LogP contribution is 2.41. The molecule has 4 unspecified atom stereocenters. The number of nitrogens with zero attached hydrogens (tertiary/aromatic N) is 1. The number of hydrogen-bond donors (Lipinski definition) is 1. The van der Waals surface area contributed by atoms with Crippen LogP contribution in [-0.4, -0.2) is 42.8 Å². The van der Waals surface area contributed by atoms with Crippen molar-refractivity contribution in [1.29, 1.82) is 0 Å². The van der Waals surface area contributed by atoms with Crippen LogP contribution in [0.2, 0.25) is 0 Å². The van der Waals surface area contributed by atoms with Crippen LogP contribution < -0.4 is 5.32 Å². The number of rotatable bonds is 3. The van der Waals surface area contributed by atoms with Crippen molar-refractivity contribution in [3.8, 4) is 0 Å². The molecule has 0 bridgehead atoms. The summed E-state index contributed by atoms with van der Waals surface area (Å²) >= 11 is 0. The first-order valence-corrected chi connectivity index (χ1v) is 10.2. The Morgan fingerprint density at radius 2 is 1.71 bits per heavy atom. The van der Waals surface area contributed by atoms with Gasteiger partial charge in [-0.25, -0.2) is 0 Å². The SMILES string of the molecule is O=CC1CCC(C2CC(=O)N(C3CCC4CNCCC4C3)C2)CC1. The normalized spacial score (nSPS) is 43.5. The maximum atomic E-state index is 12.7. The molecule has 4 nitrogen and oxygen atoms in total. The number of hydrogen-bond acceptors (Lipinski definition) is 3. The predicted molar refractivity (Wildman–Crippen MR) is 93.4 cm³/mol. The molecule has 134 valence electrons. The van der Waals surface area contributed by atoms with E-state index in [1.54, 1.807) is 0 Å². The average Bonchev–Trinajstić information content (AvgIpc) is 3.03. The van der Waals surface area contributed by atoms with Gasteiger partial charge in [0.15, 0.2) is 0 Å². The lowest BCUT2D eigenvalue weighted by molar-refractivity contribution is -0.131. The predicted octanol–water partition coefficient (Wildman–Crippen LogP) is 2.62. The maximum absolute atomic E-state index is 12.7. The van der Waals surface area contributed by atoms with E-state index in [9.17, 15) is 9.59 Å². The zero-order valence-corrected chi connectivity index (χ0v) is 14.8. The summed E-state index contributed by atoms with van der Waals surface area (Å²) in [5, 5.41) is 3.53. The number of carbonyl (C=O) groups excluding carboxylic acids is 2. The van der Waals surface area contributed by atoms with Crippen molar-refractivity contribution < 1.29 is 9.59 Å². The number of carbonyl (C=O) groups is 2. The molecular weight excluding hydrogens is 300 g/mol. The molecule has 4 aliphatic rings. The van der Waals surface area contributed by atoms with Crippen molar-refractivity contribution in [2.75, 3.05) is 19.6 Å². The second-order valence-corrected chi connectivity index (χ2v) is 8.80. The number of nitrogens with one attached hydrogen (secondary N) is 1. The number of likely N-dealkylation sites (tertiary alicyclic amines) is 1. The summed E-state index contributed by atoms with van der Waals surface area (Å²) in [4.78, 5) is 25.9. The number of aldehydes is 1. The van der Waals surface area contributed by atoms with Crippen molar-refractivity contribution in [3.63, 3.8) is 0 Å². The van der Waals surface area contributed by atoms with E-state index in [1.807, 2.05) is 0 Å². The number of amides is 1. The maximum Gasteiger partial charge on any atom is 0.223 e. The summed E-state index contributed by atoms with van der Waals surface area (Å²) in [7, 11) is 0. The van der Waals surface area contributed by atoms with E-state index in [0.29, 0.717) is 23.8 Å². The van der Waals surface area contributed by atoms with E-state index < -0.39 is 0 Å². The van der Waals surface area contributed by atoms with Crippen LogP contribution in [0, 0.1) is 29.6 Å². The topological polar surface area (TPSA) is 49.4 Å². The molecule has 0 aromatic rings. The van der Waals surface area contributed by atoms with E-state index in [4.69, 9.17) is 0 Å². The molecule has 4 fully saturated rings. The Morgan fingerprint density at radius 3 is 2.50 bits per heavy atom. The van der Waals surface area contributed by atoms with Crippen molar-refractivity contribution in [1.82, 2.24) is 10.2 Å². The van der Waals surface area contributed by atoms with Crippen LogP contribution >= 0.6 is 0 Å². The Balaban J connectivity index is 1.34. The van der Waals surface area contributed by atoms with Crippen LogP contribution in [0.1, 0.15) is 57.8 Å². The van der Waals surface area contributed by atoms with Crippen molar-refractivity contribution in [3.05, 3.63) is 0 Å². The molecule has 0 spiro atoms. The van der Waals surface area contributed by atoms with E-state index in [1.165, 1.54) is 32.2 Å². The van der Waals surface area contributed by atoms with E-state index >= 15 is 0 Å². The van der Waals surface area contributed by atoms with Crippen LogP contribution in [0.15, 0.2) is 0 Å². The van der Waals surface area contributed by atoms with Crippen molar-refractivity contribution >= 4 is 12.2 Å². The third kappa shape index (κ3) is 3.26. The van der Waals surface area contributed by atoms with Crippen molar-refractivity contribution in [2.45, 2.75) is 63.8 Å². The first-order valence-electron chi connectivity index (χ1n) is 10.2. The summed E-state index contributed by atoms with van der Waals surface area (Å²) in [6.45, 7) is 3.34. The van der Waals surface area contributed by atoms with Crippen LogP contribution in [0.3, 0.4) is 0 Å². The van der Waals surface area contributed by atoms with Crippen LogP contribution in [-0.2, 0) is 9.59 Å². The Morgan fingerprint density at radius 1 is 0.917 bits per heavy atom. The molecule has 1 amide bonds. The van der Waals surface area contributed by atoms with E-state index in [2.05, 4.69) is 10.2 Å². The summed E-state index contributed by atoms with van der Waals surface area (Å²) in [5.74, 6) is 3.60. The van der Waals surface area contributed by atoms with Crippen LogP contribution in [0.5, 0.6) is 0 Å². The van der Waals surface area contributed by atoms with Gasteiger partial charge in [0.2, 0.25) is 5.91 Å². The molecule has 4 rings (SSSR count). The quantitative estimate of drug-likeness (QED) is 0.808. The van der Waals surface area contributed by atoms with Gasteiger partial charge in [-0.1, -0.05) is 0 Å². The highest BCUT2D eigenvalue weighted by molar-refractivity contribution is 5.79. The molecule has 2 saturated heterocycles. The smallest absolute Gasteiger partial charge is 0.223 e. The minimum absolute atomic E-state index is 0.282. The molecule has 24 heavy (non-hydrogen) atoms. The molecule has 2 heterocycles. The molecule has 4 atom stereocenters. The molecule has 0 radical (unpaired) electrons. The summed E-state index contributed by atoms with van der Waals surface area (Å²) in [6, 6.07) is 0.508. The van der Waals surface area contributed by atoms with Gasteiger partial charge >= 0.3 is 0 Å². The first kappa shape index (κ1) is 16.6. The third-order valence-corrected chi connectivity index (χ3v) is 7.52. The van der Waals surface area contributed by atoms with Gasteiger partial charge in [0.25, 0.3) is 0 Å². The minimum Gasteiger partial charge on any atom is -0.339 e. The van der Waals surface area contributed by atoms with Gasteiger partial charge in [-0.2, -0.15) is 0 Å². The molecular formula is C20H32N2O2. The zero-order valence-electron chi connectivity index (χ0n) is 14.8. The molecule has 4 heteroatoms. The molecule has 0 aromatic carbocycles. The lowest BCUT2D eigenvalue weighted by atomic mass is 9.73. The Bertz CT molecular complexity index is 472. The van der Waals surface area contributed by atoms with E-state index in [-0.39, 0.29) is 5.92 Å². The molecule has 2 saturated carbocycles. The van der Waals surface area contributed by atoms with E-state index in [0.717, 1.165) is 63.3 Å². The van der Waals surface area contributed by atoms with Crippen LogP contribution in [0.25, 0.3) is 0 Å². The standard InChI is InChI=1S/C20H32N2O2/c23-13-14-1-3-15(4-2-14)18-10-20(24)22(12-18)19-6-5-17-11-21-8-7-16(17)9-19/h13-19,21H,1-12H2. The van der Waals surface area contributed by atoms with Gasteiger partial charge < -0.3 is 15.0 Å². The molecule has 2 aliphatic carbocycles. The van der Waals surface area contributed by atoms with Crippen molar-refractivity contribution in [2.24, 2.45) is 29.6 Å². The number of piperidine rings is 1. The highest BCUT2D eigenvalue weighted by atomic mass is 16.2. The zero-order chi connectivity index (χ0) is 16.5. The fourth-order valence-corrected chi connectivity index (χ4v) is 5.96. The lowest BCUT2D eigenvalue weighted by Gasteiger charge is -2.42. The van der Waals surface area contributed by atoms with Gasteiger partial charge in [-0.05, 0) is 88.1 Å². The van der Waals surface area contributed by atoms with Gasteiger partial charge in [-0.3, -0.25) is 4.79 Å². The van der Waals surface area contributed by atoms with Gasteiger partial charge in [0, 0.05) is 24.9 Å². The Hall–Kier alpha value is -0.900. The first-order chi connectivity index (χ1) is 11.7. The third-order valence-electron chi connectivity index (χ3n) is 7.52. The lowest BCUT2D eigenvalue weighted by Crippen LogP contribution is -2.47. The Labute approximate surface area is 145 Å². The van der Waals surface area contributed by atoms with Gasteiger partial charge in [0.1, 0.15) is 6.29 Å². The van der Waals surface area contributed by atoms with Crippen LogP contribution in [0.4, 0.5) is 0 Å². The monoisotopic (exact) mass is 332 g/mol. The summed E-state index contributed by atoms with van der Waals surface area (Å²) in [5.41, 5.74) is 0. The summed E-state index contributed by atoms with van der Waals surface area (Å²) < 4.78 is 0. The minimum atomic E-state index is 0.282. The average molecular weight is 332 g/mol. The number of fused-ring (bicyclic) bond motifs is 1. The van der Waals surface area contributed by atoms with Gasteiger partial charge in [-0.15, -0.1) is 0 Å². The molecule has 2 aliphatic heterocycles. The Kier molecular flexibility index (Phi) is 4.93. The highest BCUT2D eigenvalue weighted by Gasteiger charge is 2.42. The fourth-order valence-electron chi connectivity index (χ4n) is 5.96. The van der Waals surface area contributed by atoms with Gasteiger partial charge in [0.05, 0.1) is 0 Å². The second-order valence-electron chi connectivity index (χ2n) is 8.80. The molecule has 0 aromatic heterocycles. The second kappa shape index (κ2) is 7.15. The largest absolute Gasteiger partial charge is 0.339 e.